The number of thioether (sulfide) groups is 1. The third kappa shape index (κ3) is 4.09. The van der Waals surface area contributed by atoms with Gasteiger partial charge in [0.2, 0.25) is 5.91 Å². The van der Waals surface area contributed by atoms with Crippen LogP contribution in [0.25, 0.3) is 6.08 Å². The zero-order valence-corrected chi connectivity index (χ0v) is 15.6. The van der Waals surface area contributed by atoms with Gasteiger partial charge in [-0.2, -0.15) is 0 Å². The van der Waals surface area contributed by atoms with Crippen molar-refractivity contribution in [1.29, 1.82) is 0 Å². The summed E-state index contributed by atoms with van der Waals surface area (Å²) in [5, 5.41) is 2.85. The first kappa shape index (κ1) is 18.5. The van der Waals surface area contributed by atoms with Crippen LogP contribution in [0.4, 0.5) is 10.5 Å². The van der Waals surface area contributed by atoms with Crippen molar-refractivity contribution < 1.29 is 14.4 Å². The van der Waals surface area contributed by atoms with Gasteiger partial charge in [-0.15, -0.1) is 0 Å². The Bertz CT molecular complexity index is 896. The van der Waals surface area contributed by atoms with Gasteiger partial charge in [0, 0.05) is 21.3 Å². The van der Waals surface area contributed by atoms with Crippen LogP contribution in [0.5, 0.6) is 0 Å². The molecular weight excluding hydrogens is 395 g/mol. The van der Waals surface area contributed by atoms with Crippen LogP contribution in [0, 0.1) is 0 Å². The van der Waals surface area contributed by atoms with Gasteiger partial charge in [0.05, 0.1) is 4.91 Å². The molecule has 0 unspecified atom stereocenters. The summed E-state index contributed by atoms with van der Waals surface area (Å²) in [6.07, 6.45) is 1.46. The van der Waals surface area contributed by atoms with Crippen LogP contribution in [0.1, 0.15) is 5.56 Å². The molecule has 132 valence electrons. The van der Waals surface area contributed by atoms with E-state index in [0.717, 1.165) is 16.7 Å². The van der Waals surface area contributed by atoms with Crippen molar-refractivity contribution in [2.75, 3.05) is 11.9 Å². The number of carbonyl (C=O) groups excluding carboxylic acids is 3. The molecule has 0 radical (unpaired) electrons. The third-order valence-electron chi connectivity index (χ3n) is 3.51. The number of hydrogen-bond acceptors (Lipinski definition) is 4. The Kier molecular flexibility index (Phi) is 5.66. The Labute approximate surface area is 164 Å². The fourth-order valence-electron chi connectivity index (χ4n) is 2.28. The Morgan fingerprint density at radius 1 is 1.04 bits per heavy atom. The van der Waals surface area contributed by atoms with Gasteiger partial charge >= 0.3 is 0 Å². The van der Waals surface area contributed by atoms with Crippen LogP contribution < -0.4 is 5.32 Å². The summed E-state index contributed by atoms with van der Waals surface area (Å²) < 4.78 is 0. The molecule has 1 fully saturated rings. The first-order chi connectivity index (χ1) is 12.5. The highest BCUT2D eigenvalue weighted by molar-refractivity contribution is 8.18. The average molecular weight is 407 g/mol. The molecule has 3 rings (SSSR count). The molecule has 1 N–H and O–H groups in total. The smallest absolute Gasteiger partial charge is 0.294 e. The first-order valence-corrected chi connectivity index (χ1v) is 9.07. The largest absolute Gasteiger partial charge is 0.325 e. The summed E-state index contributed by atoms with van der Waals surface area (Å²) in [6.45, 7) is -0.368. The number of anilines is 1. The van der Waals surface area contributed by atoms with Crippen molar-refractivity contribution in [2.45, 2.75) is 0 Å². The normalized spacial score (nSPS) is 15.6. The Morgan fingerprint density at radius 2 is 1.69 bits per heavy atom. The molecule has 0 atom stereocenters. The van der Waals surface area contributed by atoms with Gasteiger partial charge in [-0.1, -0.05) is 47.5 Å². The van der Waals surface area contributed by atoms with Gasteiger partial charge in [0.1, 0.15) is 6.54 Å². The van der Waals surface area contributed by atoms with Crippen molar-refractivity contribution in [3.05, 3.63) is 69.0 Å². The van der Waals surface area contributed by atoms with E-state index in [1.54, 1.807) is 42.5 Å². The van der Waals surface area contributed by atoms with Gasteiger partial charge in [0.15, 0.2) is 0 Å². The van der Waals surface area contributed by atoms with Gasteiger partial charge in [0.25, 0.3) is 11.1 Å². The number of imide groups is 1. The highest BCUT2D eigenvalue weighted by atomic mass is 35.5. The summed E-state index contributed by atoms with van der Waals surface area (Å²) >= 11 is 12.9. The number of amides is 3. The topological polar surface area (TPSA) is 66.5 Å². The lowest BCUT2D eigenvalue weighted by Crippen LogP contribution is -2.36. The van der Waals surface area contributed by atoms with E-state index < -0.39 is 17.1 Å². The lowest BCUT2D eigenvalue weighted by molar-refractivity contribution is -0.127. The lowest BCUT2D eigenvalue weighted by Gasteiger charge is -2.12. The molecule has 8 heteroatoms. The second-order valence-electron chi connectivity index (χ2n) is 5.32. The number of hydrogen-bond donors (Lipinski definition) is 1. The summed E-state index contributed by atoms with van der Waals surface area (Å²) in [5.41, 5.74) is 1.04. The summed E-state index contributed by atoms with van der Waals surface area (Å²) in [7, 11) is 0. The second kappa shape index (κ2) is 7.95. The standard InChI is InChI=1S/C18H12Cl2N2O3S/c19-13-7-4-8-14(20)12(13)9-15-17(24)22(18(25)26-15)10-16(23)21-11-5-2-1-3-6-11/h1-9H,10H2,(H,21,23)/b15-9-. The molecule has 0 aromatic heterocycles. The van der Waals surface area contributed by atoms with E-state index in [4.69, 9.17) is 23.2 Å². The van der Waals surface area contributed by atoms with Crippen LogP contribution in [0.3, 0.4) is 0 Å². The van der Waals surface area contributed by atoms with Gasteiger partial charge in [-0.3, -0.25) is 19.3 Å². The van der Waals surface area contributed by atoms with Gasteiger partial charge < -0.3 is 5.32 Å². The Hall–Kier alpha value is -2.28. The quantitative estimate of drug-likeness (QED) is 0.749. The molecule has 1 aliphatic heterocycles. The highest BCUT2D eigenvalue weighted by Crippen LogP contribution is 2.35. The number of nitrogens with one attached hydrogen (secondary N) is 1. The van der Waals surface area contributed by atoms with Crippen LogP contribution in [-0.4, -0.2) is 28.5 Å². The summed E-state index contributed by atoms with van der Waals surface area (Å²) in [6, 6.07) is 13.7. The molecular formula is C18H12Cl2N2O3S. The van der Waals surface area contributed by atoms with Crippen molar-refractivity contribution in [3.8, 4) is 0 Å². The second-order valence-corrected chi connectivity index (χ2v) is 7.12. The Morgan fingerprint density at radius 3 is 2.35 bits per heavy atom. The summed E-state index contributed by atoms with van der Waals surface area (Å²) in [5.74, 6) is -1.02. The number of para-hydroxylation sites is 1. The van der Waals surface area contributed by atoms with E-state index in [-0.39, 0.29) is 11.4 Å². The highest BCUT2D eigenvalue weighted by Gasteiger charge is 2.36. The van der Waals surface area contributed by atoms with E-state index in [1.807, 2.05) is 6.07 Å². The maximum Gasteiger partial charge on any atom is 0.294 e. The number of nitrogens with zero attached hydrogens (tertiary/aromatic N) is 1. The summed E-state index contributed by atoms with van der Waals surface area (Å²) in [4.78, 5) is 37.8. The number of rotatable bonds is 4. The van der Waals surface area contributed by atoms with Gasteiger partial charge in [-0.05, 0) is 42.1 Å². The van der Waals surface area contributed by atoms with E-state index in [9.17, 15) is 14.4 Å². The van der Waals surface area contributed by atoms with Crippen LogP contribution >= 0.6 is 35.0 Å². The first-order valence-electron chi connectivity index (χ1n) is 7.50. The van der Waals surface area contributed by atoms with Crippen molar-refractivity contribution in [2.24, 2.45) is 0 Å². The monoisotopic (exact) mass is 406 g/mol. The van der Waals surface area contributed by atoms with Crippen LogP contribution in [0.2, 0.25) is 10.0 Å². The van der Waals surface area contributed by atoms with Crippen molar-refractivity contribution in [3.63, 3.8) is 0 Å². The SMILES string of the molecule is O=C(CN1C(=O)S/C(=C\c2c(Cl)cccc2Cl)C1=O)Nc1ccccc1. The van der Waals surface area contributed by atoms with Crippen LogP contribution in [-0.2, 0) is 9.59 Å². The van der Waals surface area contributed by atoms with E-state index in [2.05, 4.69) is 5.32 Å². The van der Waals surface area contributed by atoms with Gasteiger partial charge in [-0.25, -0.2) is 0 Å². The minimum Gasteiger partial charge on any atom is -0.325 e. The van der Waals surface area contributed by atoms with E-state index in [1.165, 1.54) is 6.08 Å². The Balaban J connectivity index is 1.75. The lowest BCUT2D eigenvalue weighted by atomic mass is 10.2. The predicted octanol–water partition coefficient (Wildman–Crippen LogP) is 4.67. The number of benzene rings is 2. The zero-order valence-electron chi connectivity index (χ0n) is 13.2. The van der Waals surface area contributed by atoms with Crippen molar-refractivity contribution in [1.82, 2.24) is 4.90 Å². The van der Waals surface area contributed by atoms with E-state index >= 15 is 0 Å². The molecule has 5 nitrogen and oxygen atoms in total. The van der Waals surface area contributed by atoms with Crippen molar-refractivity contribution >= 4 is 63.8 Å². The maximum absolute atomic E-state index is 12.5. The van der Waals surface area contributed by atoms with E-state index in [0.29, 0.717) is 21.3 Å². The number of halogens is 2. The minimum absolute atomic E-state index is 0.164. The van der Waals surface area contributed by atoms with Crippen LogP contribution in [0.15, 0.2) is 53.4 Å². The maximum atomic E-state index is 12.5. The fraction of sp³-hybridized carbons (Fsp3) is 0.0556. The average Bonchev–Trinajstić information content (AvgIpc) is 2.86. The molecule has 1 saturated heterocycles. The molecule has 0 spiro atoms. The molecule has 1 heterocycles. The molecule has 0 bridgehead atoms. The fourth-order valence-corrected chi connectivity index (χ4v) is 3.61. The predicted molar refractivity (Wildman–Crippen MR) is 104 cm³/mol. The molecule has 0 aliphatic carbocycles. The molecule has 3 amide bonds. The minimum atomic E-state index is -0.556. The third-order valence-corrected chi connectivity index (χ3v) is 5.07. The zero-order chi connectivity index (χ0) is 18.7. The molecule has 26 heavy (non-hydrogen) atoms. The molecule has 2 aromatic rings. The number of carbonyl (C=O) groups is 3. The molecule has 0 saturated carbocycles. The molecule has 1 aliphatic rings. The molecule has 2 aromatic carbocycles.